The lowest BCUT2D eigenvalue weighted by Gasteiger charge is -2.23. The van der Waals surface area contributed by atoms with Gasteiger partial charge in [-0.3, -0.25) is 4.79 Å². The molecule has 1 atom stereocenters. The summed E-state index contributed by atoms with van der Waals surface area (Å²) >= 11 is 0. The van der Waals surface area contributed by atoms with Crippen molar-refractivity contribution in [2.75, 3.05) is 13.1 Å². The summed E-state index contributed by atoms with van der Waals surface area (Å²) in [6, 6.07) is 0.0754. The molecule has 1 aliphatic carbocycles. The fraction of sp³-hybridized carbons (Fsp3) is 0.917. The minimum Gasteiger partial charge on any atom is -0.354 e. The van der Waals surface area contributed by atoms with E-state index in [1.807, 2.05) is 0 Å². The molecule has 0 radical (unpaired) electrons. The van der Waals surface area contributed by atoms with Crippen LogP contribution in [0.15, 0.2) is 0 Å². The van der Waals surface area contributed by atoms with Crippen LogP contribution in [0.2, 0.25) is 0 Å². The van der Waals surface area contributed by atoms with Crippen LogP contribution in [0, 0.1) is 5.41 Å². The standard InChI is InChI=1S/C12H22N2O/c1-2-12(6-7-12)9-14-11(15)10-5-3-4-8-13-10/h10,13H,2-9H2,1H3,(H,14,15)/t10-/m1/s1. The van der Waals surface area contributed by atoms with E-state index in [0.717, 1.165) is 19.5 Å². The Kier molecular flexibility index (Phi) is 3.29. The van der Waals surface area contributed by atoms with Crippen molar-refractivity contribution >= 4 is 5.91 Å². The van der Waals surface area contributed by atoms with Crippen molar-refractivity contribution < 1.29 is 4.79 Å². The fourth-order valence-electron chi connectivity index (χ4n) is 2.31. The van der Waals surface area contributed by atoms with Crippen LogP contribution in [0.25, 0.3) is 0 Å². The molecule has 2 N–H and O–H groups in total. The zero-order valence-electron chi connectivity index (χ0n) is 9.64. The summed E-state index contributed by atoms with van der Waals surface area (Å²) < 4.78 is 0. The summed E-state index contributed by atoms with van der Waals surface area (Å²) in [6.07, 6.45) is 7.19. The molecule has 3 heteroatoms. The monoisotopic (exact) mass is 210 g/mol. The van der Waals surface area contributed by atoms with Gasteiger partial charge in [0.2, 0.25) is 5.91 Å². The van der Waals surface area contributed by atoms with Gasteiger partial charge in [-0.1, -0.05) is 13.3 Å². The zero-order chi connectivity index (χ0) is 10.7. The Morgan fingerprint density at radius 2 is 2.27 bits per heavy atom. The molecular formula is C12H22N2O. The molecule has 1 amide bonds. The average Bonchev–Trinajstić information content (AvgIpc) is 3.08. The minimum absolute atomic E-state index is 0.0754. The highest BCUT2D eigenvalue weighted by atomic mass is 16.2. The third-order valence-electron chi connectivity index (χ3n) is 3.97. The van der Waals surface area contributed by atoms with Gasteiger partial charge in [-0.15, -0.1) is 0 Å². The number of piperidine rings is 1. The molecular weight excluding hydrogens is 188 g/mol. The van der Waals surface area contributed by atoms with Gasteiger partial charge in [0.15, 0.2) is 0 Å². The van der Waals surface area contributed by atoms with Crippen LogP contribution >= 0.6 is 0 Å². The predicted octanol–water partition coefficient (Wildman–Crippen LogP) is 1.43. The largest absolute Gasteiger partial charge is 0.354 e. The molecule has 2 aliphatic rings. The first-order chi connectivity index (χ1) is 7.26. The van der Waals surface area contributed by atoms with E-state index in [0.29, 0.717) is 5.41 Å². The maximum atomic E-state index is 11.8. The van der Waals surface area contributed by atoms with Gasteiger partial charge in [-0.05, 0) is 44.1 Å². The van der Waals surface area contributed by atoms with Crippen molar-refractivity contribution in [1.82, 2.24) is 10.6 Å². The van der Waals surface area contributed by atoms with Gasteiger partial charge >= 0.3 is 0 Å². The Balaban J connectivity index is 1.72. The number of hydrogen-bond acceptors (Lipinski definition) is 2. The summed E-state index contributed by atoms with van der Waals surface area (Å²) in [6.45, 7) is 4.11. The Morgan fingerprint density at radius 1 is 1.47 bits per heavy atom. The van der Waals surface area contributed by atoms with E-state index in [2.05, 4.69) is 17.6 Å². The second-order valence-corrected chi connectivity index (χ2v) is 5.07. The van der Waals surface area contributed by atoms with E-state index < -0.39 is 0 Å². The van der Waals surface area contributed by atoms with Gasteiger partial charge in [-0.2, -0.15) is 0 Å². The zero-order valence-corrected chi connectivity index (χ0v) is 9.64. The normalized spacial score (nSPS) is 28.5. The third kappa shape index (κ3) is 2.71. The quantitative estimate of drug-likeness (QED) is 0.737. The van der Waals surface area contributed by atoms with Gasteiger partial charge in [0.05, 0.1) is 6.04 Å². The van der Waals surface area contributed by atoms with Gasteiger partial charge in [0.25, 0.3) is 0 Å². The van der Waals surface area contributed by atoms with Crippen molar-refractivity contribution in [3.8, 4) is 0 Å². The molecule has 0 aromatic carbocycles. The van der Waals surface area contributed by atoms with Crippen LogP contribution in [-0.4, -0.2) is 25.0 Å². The van der Waals surface area contributed by atoms with Gasteiger partial charge in [0.1, 0.15) is 0 Å². The lowest BCUT2D eigenvalue weighted by molar-refractivity contribution is -0.123. The van der Waals surface area contributed by atoms with Crippen molar-refractivity contribution in [2.45, 2.75) is 51.5 Å². The Hall–Kier alpha value is -0.570. The number of rotatable bonds is 4. The third-order valence-corrected chi connectivity index (χ3v) is 3.97. The van der Waals surface area contributed by atoms with Gasteiger partial charge < -0.3 is 10.6 Å². The first-order valence-electron chi connectivity index (χ1n) is 6.27. The van der Waals surface area contributed by atoms with E-state index in [-0.39, 0.29) is 11.9 Å². The average molecular weight is 210 g/mol. The minimum atomic E-state index is 0.0754. The number of carbonyl (C=O) groups is 1. The molecule has 1 aliphatic heterocycles. The van der Waals surface area contributed by atoms with Gasteiger partial charge in [-0.25, -0.2) is 0 Å². The molecule has 1 saturated heterocycles. The van der Waals surface area contributed by atoms with E-state index in [9.17, 15) is 4.79 Å². The second-order valence-electron chi connectivity index (χ2n) is 5.07. The Labute approximate surface area is 92.0 Å². The number of hydrogen-bond donors (Lipinski definition) is 2. The fourth-order valence-corrected chi connectivity index (χ4v) is 2.31. The maximum absolute atomic E-state index is 11.8. The lowest BCUT2D eigenvalue weighted by Crippen LogP contribution is -2.47. The SMILES string of the molecule is CCC1(CNC(=O)[C@H]2CCCCN2)CC1. The van der Waals surface area contributed by atoms with Crippen molar-refractivity contribution in [3.05, 3.63) is 0 Å². The smallest absolute Gasteiger partial charge is 0.237 e. The number of nitrogens with one attached hydrogen (secondary N) is 2. The molecule has 0 spiro atoms. The maximum Gasteiger partial charge on any atom is 0.237 e. The molecule has 1 saturated carbocycles. The number of carbonyl (C=O) groups excluding carboxylic acids is 1. The molecule has 0 bridgehead atoms. The predicted molar refractivity (Wildman–Crippen MR) is 60.6 cm³/mol. The molecule has 0 aromatic heterocycles. The first-order valence-corrected chi connectivity index (χ1v) is 6.27. The van der Waals surface area contributed by atoms with Crippen molar-refractivity contribution in [2.24, 2.45) is 5.41 Å². The van der Waals surface area contributed by atoms with E-state index in [1.54, 1.807) is 0 Å². The molecule has 2 fully saturated rings. The summed E-state index contributed by atoms with van der Waals surface area (Å²) in [4.78, 5) is 11.8. The van der Waals surface area contributed by atoms with Crippen LogP contribution in [0.5, 0.6) is 0 Å². The molecule has 3 nitrogen and oxygen atoms in total. The van der Waals surface area contributed by atoms with E-state index in [4.69, 9.17) is 0 Å². The lowest BCUT2D eigenvalue weighted by atomic mass is 10.0. The highest BCUT2D eigenvalue weighted by molar-refractivity contribution is 5.81. The van der Waals surface area contributed by atoms with E-state index >= 15 is 0 Å². The molecule has 2 rings (SSSR count). The summed E-state index contributed by atoms with van der Waals surface area (Å²) in [5.41, 5.74) is 0.463. The highest BCUT2D eigenvalue weighted by Crippen LogP contribution is 2.47. The van der Waals surface area contributed by atoms with Crippen molar-refractivity contribution in [3.63, 3.8) is 0 Å². The van der Waals surface area contributed by atoms with Crippen LogP contribution in [0.4, 0.5) is 0 Å². The summed E-state index contributed by atoms with van der Waals surface area (Å²) in [5.74, 6) is 0.217. The summed E-state index contributed by atoms with van der Waals surface area (Å²) in [5, 5.41) is 6.39. The molecule has 1 heterocycles. The van der Waals surface area contributed by atoms with Crippen LogP contribution in [0.3, 0.4) is 0 Å². The summed E-state index contributed by atoms with van der Waals surface area (Å²) in [7, 11) is 0. The first kappa shape index (κ1) is 10.9. The Morgan fingerprint density at radius 3 is 2.80 bits per heavy atom. The molecule has 0 aromatic rings. The molecule has 0 unspecified atom stereocenters. The van der Waals surface area contributed by atoms with Crippen molar-refractivity contribution in [1.29, 1.82) is 0 Å². The Bertz CT molecular complexity index is 230. The van der Waals surface area contributed by atoms with Crippen LogP contribution < -0.4 is 10.6 Å². The molecule has 15 heavy (non-hydrogen) atoms. The van der Waals surface area contributed by atoms with Crippen LogP contribution in [0.1, 0.15) is 45.4 Å². The van der Waals surface area contributed by atoms with E-state index in [1.165, 1.54) is 32.1 Å². The topological polar surface area (TPSA) is 41.1 Å². The second kappa shape index (κ2) is 4.52. The van der Waals surface area contributed by atoms with Gasteiger partial charge in [0, 0.05) is 6.54 Å². The highest BCUT2D eigenvalue weighted by Gasteiger charge is 2.40. The number of amides is 1. The molecule has 86 valence electrons. The van der Waals surface area contributed by atoms with Crippen LogP contribution in [-0.2, 0) is 4.79 Å².